The van der Waals surface area contributed by atoms with Gasteiger partial charge in [0.25, 0.3) is 5.91 Å². The fraction of sp³-hybridized carbons (Fsp3) is 0.391. The largest absolute Gasteiger partial charge is 0.490 e. The summed E-state index contributed by atoms with van der Waals surface area (Å²) in [6, 6.07) is 11.9. The number of imidazole rings is 1. The van der Waals surface area contributed by atoms with Gasteiger partial charge in [-0.15, -0.1) is 0 Å². The molecule has 1 amide bonds. The van der Waals surface area contributed by atoms with Crippen molar-refractivity contribution >= 4 is 16.9 Å². The molecule has 3 heterocycles. The maximum atomic E-state index is 13.3. The third-order valence-electron chi connectivity index (χ3n) is 6.02. The standard InChI is InChI=1S/C23H25N3O3/c1-15-24-18-13-17(6-8-20(18)25(15)2)23(27)26-10-3-5-19(26)16-7-9-21-22(14-16)29-12-4-11-28-21/h6-9,13-14,19H,3-5,10-12H2,1-2H3/t19-/m0/s1. The fourth-order valence-electron chi connectivity index (χ4n) is 4.36. The summed E-state index contributed by atoms with van der Waals surface area (Å²) in [7, 11) is 1.99. The van der Waals surface area contributed by atoms with E-state index in [2.05, 4.69) is 11.1 Å². The molecular weight excluding hydrogens is 366 g/mol. The molecular formula is C23H25N3O3. The SMILES string of the molecule is Cc1nc2cc(C(=O)N3CCC[C@H]3c3ccc4c(c3)OCCCO4)ccc2n1C. The second-order valence-corrected chi connectivity index (χ2v) is 7.83. The van der Waals surface area contributed by atoms with Crippen LogP contribution in [0.15, 0.2) is 36.4 Å². The minimum Gasteiger partial charge on any atom is -0.490 e. The lowest BCUT2D eigenvalue weighted by molar-refractivity contribution is 0.0735. The number of fused-ring (bicyclic) bond motifs is 2. The molecule has 1 fully saturated rings. The summed E-state index contributed by atoms with van der Waals surface area (Å²) in [5, 5.41) is 0. The van der Waals surface area contributed by atoms with Gasteiger partial charge in [-0.25, -0.2) is 4.98 Å². The average molecular weight is 391 g/mol. The van der Waals surface area contributed by atoms with Gasteiger partial charge in [0.2, 0.25) is 0 Å². The van der Waals surface area contributed by atoms with Crippen molar-refractivity contribution in [1.82, 2.24) is 14.5 Å². The van der Waals surface area contributed by atoms with Crippen LogP contribution in [0.2, 0.25) is 0 Å². The third kappa shape index (κ3) is 3.12. The first-order valence-electron chi connectivity index (χ1n) is 10.3. The average Bonchev–Trinajstić information content (AvgIpc) is 3.24. The predicted molar refractivity (Wildman–Crippen MR) is 111 cm³/mol. The van der Waals surface area contributed by atoms with Gasteiger partial charge in [0.15, 0.2) is 11.5 Å². The van der Waals surface area contributed by atoms with Gasteiger partial charge in [0, 0.05) is 25.6 Å². The van der Waals surface area contributed by atoms with Crippen molar-refractivity contribution in [3.8, 4) is 11.5 Å². The highest BCUT2D eigenvalue weighted by atomic mass is 16.5. The number of aryl methyl sites for hydroxylation is 2. The Hall–Kier alpha value is -3.02. The van der Waals surface area contributed by atoms with Gasteiger partial charge in [0.1, 0.15) is 5.82 Å². The van der Waals surface area contributed by atoms with Crippen LogP contribution < -0.4 is 9.47 Å². The highest BCUT2D eigenvalue weighted by Gasteiger charge is 2.31. The molecule has 0 N–H and O–H groups in total. The van der Waals surface area contributed by atoms with Crippen molar-refractivity contribution in [3.05, 3.63) is 53.3 Å². The van der Waals surface area contributed by atoms with Gasteiger partial charge in [-0.1, -0.05) is 6.07 Å². The van der Waals surface area contributed by atoms with Gasteiger partial charge in [-0.05, 0) is 55.7 Å². The molecule has 0 spiro atoms. The fourth-order valence-corrected chi connectivity index (χ4v) is 4.36. The van der Waals surface area contributed by atoms with Gasteiger partial charge >= 0.3 is 0 Å². The minimum absolute atomic E-state index is 0.0563. The van der Waals surface area contributed by atoms with Crippen LogP contribution in [-0.4, -0.2) is 40.1 Å². The molecule has 5 rings (SSSR count). The van der Waals surface area contributed by atoms with Crippen molar-refractivity contribution in [3.63, 3.8) is 0 Å². The monoisotopic (exact) mass is 391 g/mol. The number of carbonyl (C=O) groups excluding carboxylic acids is 1. The molecule has 2 aliphatic heterocycles. The highest BCUT2D eigenvalue weighted by molar-refractivity contribution is 5.97. The Labute approximate surface area is 170 Å². The first-order chi connectivity index (χ1) is 14.1. The Morgan fingerprint density at radius 3 is 2.76 bits per heavy atom. The summed E-state index contributed by atoms with van der Waals surface area (Å²) in [5.74, 6) is 2.57. The zero-order valence-corrected chi connectivity index (χ0v) is 16.9. The van der Waals surface area contributed by atoms with E-state index < -0.39 is 0 Å². The summed E-state index contributed by atoms with van der Waals surface area (Å²) in [5.41, 5.74) is 3.70. The van der Waals surface area contributed by atoms with Crippen LogP contribution in [0.1, 0.15) is 47.1 Å². The number of amides is 1. The normalized spacial score (nSPS) is 18.8. The molecule has 1 aromatic heterocycles. The van der Waals surface area contributed by atoms with Crippen LogP contribution in [0.3, 0.4) is 0 Å². The number of rotatable bonds is 2. The van der Waals surface area contributed by atoms with E-state index in [1.165, 1.54) is 0 Å². The smallest absolute Gasteiger partial charge is 0.254 e. The number of likely N-dealkylation sites (tertiary alicyclic amines) is 1. The van der Waals surface area contributed by atoms with E-state index in [1.54, 1.807) is 0 Å². The minimum atomic E-state index is 0.0563. The molecule has 0 bridgehead atoms. The predicted octanol–water partition coefficient (Wildman–Crippen LogP) is 4.02. The molecule has 0 radical (unpaired) electrons. The molecule has 29 heavy (non-hydrogen) atoms. The summed E-state index contributed by atoms with van der Waals surface area (Å²) < 4.78 is 13.6. The Bertz CT molecular complexity index is 1090. The topological polar surface area (TPSA) is 56.6 Å². The maximum absolute atomic E-state index is 13.3. The van der Waals surface area contributed by atoms with E-state index >= 15 is 0 Å². The van der Waals surface area contributed by atoms with Crippen molar-refractivity contribution in [2.45, 2.75) is 32.2 Å². The Balaban J connectivity index is 1.45. The molecule has 6 nitrogen and oxygen atoms in total. The van der Waals surface area contributed by atoms with Gasteiger partial charge in [-0.2, -0.15) is 0 Å². The van der Waals surface area contributed by atoms with E-state index in [1.807, 2.05) is 53.8 Å². The summed E-state index contributed by atoms with van der Waals surface area (Å²) >= 11 is 0. The van der Waals surface area contributed by atoms with Crippen LogP contribution in [0, 0.1) is 6.92 Å². The van der Waals surface area contributed by atoms with Crippen molar-refractivity contribution < 1.29 is 14.3 Å². The summed E-state index contributed by atoms with van der Waals surface area (Å²) in [6.45, 7) is 4.07. The van der Waals surface area contributed by atoms with Gasteiger partial charge < -0.3 is 18.9 Å². The van der Waals surface area contributed by atoms with Gasteiger partial charge in [0.05, 0.1) is 30.3 Å². The molecule has 0 saturated carbocycles. The molecule has 150 valence electrons. The Morgan fingerprint density at radius 1 is 1.07 bits per heavy atom. The number of hydrogen-bond donors (Lipinski definition) is 0. The highest BCUT2D eigenvalue weighted by Crippen LogP contribution is 2.38. The van der Waals surface area contributed by atoms with Gasteiger partial charge in [-0.3, -0.25) is 4.79 Å². The molecule has 2 aromatic carbocycles. The van der Waals surface area contributed by atoms with Crippen LogP contribution in [0.25, 0.3) is 11.0 Å². The lowest BCUT2D eigenvalue weighted by Crippen LogP contribution is -2.30. The number of aromatic nitrogens is 2. The summed E-state index contributed by atoms with van der Waals surface area (Å²) in [4.78, 5) is 19.9. The maximum Gasteiger partial charge on any atom is 0.254 e. The van der Waals surface area contributed by atoms with E-state index in [-0.39, 0.29) is 11.9 Å². The number of hydrogen-bond acceptors (Lipinski definition) is 4. The van der Waals surface area contributed by atoms with Crippen molar-refractivity contribution in [2.75, 3.05) is 19.8 Å². The van der Waals surface area contributed by atoms with Crippen molar-refractivity contribution in [2.24, 2.45) is 7.05 Å². The lowest BCUT2D eigenvalue weighted by atomic mass is 10.0. The quantitative estimate of drug-likeness (QED) is 0.662. The molecule has 2 aliphatic rings. The molecule has 1 atom stereocenters. The Kier molecular flexibility index (Phi) is 4.42. The second kappa shape index (κ2) is 7.10. The molecule has 3 aromatic rings. The number of nitrogens with zero attached hydrogens (tertiary/aromatic N) is 3. The van der Waals surface area contributed by atoms with E-state index in [0.29, 0.717) is 18.8 Å². The van der Waals surface area contributed by atoms with Crippen LogP contribution >= 0.6 is 0 Å². The number of ether oxygens (including phenoxy) is 2. The summed E-state index contributed by atoms with van der Waals surface area (Å²) in [6.07, 6.45) is 2.83. The van der Waals surface area contributed by atoms with E-state index in [9.17, 15) is 4.79 Å². The van der Waals surface area contributed by atoms with E-state index in [0.717, 1.165) is 59.7 Å². The number of benzene rings is 2. The van der Waals surface area contributed by atoms with Crippen molar-refractivity contribution in [1.29, 1.82) is 0 Å². The third-order valence-corrected chi connectivity index (χ3v) is 6.02. The zero-order valence-electron chi connectivity index (χ0n) is 16.9. The van der Waals surface area contributed by atoms with E-state index in [4.69, 9.17) is 9.47 Å². The van der Waals surface area contributed by atoms with Crippen LogP contribution in [-0.2, 0) is 7.05 Å². The molecule has 1 saturated heterocycles. The number of carbonyl (C=O) groups is 1. The first-order valence-corrected chi connectivity index (χ1v) is 10.3. The lowest BCUT2D eigenvalue weighted by Gasteiger charge is -2.26. The molecule has 6 heteroatoms. The second-order valence-electron chi connectivity index (χ2n) is 7.83. The van der Waals surface area contributed by atoms with Crippen LogP contribution in [0.4, 0.5) is 0 Å². The molecule has 0 aliphatic carbocycles. The Morgan fingerprint density at radius 2 is 1.90 bits per heavy atom. The zero-order chi connectivity index (χ0) is 20.0. The van der Waals surface area contributed by atoms with Crippen LogP contribution in [0.5, 0.6) is 11.5 Å². The molecule has 0 unspecified atom stereocenters. The first kappa shape index (κ1) is 18.0.